The minimum atomic E-state index is 0.920. The van der Waals surface area contributed by atoms with Crippen molar-refractivity contribution in [3.05, 3.63) is 82.4 Å². The van der Waals surface area contributed by atoms with E-state index in [0.717, 1.165) is 37.1 Å². The second kappa shape index (κ2) is 6.08. The fourth-order valence-corrected chi connectivity index (χ4v) is 3.10. The van der Waals surface area contributed by atoms with Gasteiger partial charge in [0.1, 0.15) is 0 Å². The van der Waals surface area contributed by atoms with Gasteiger partial charge < -0.3 is 0 Å². The summed E-state index contributed by atoms with van der Waals surface area (Å²) >= 11 is 2.31. The second-order valence-electron chi connectivity index (χ2n) is 5.29. The minimum absolute atomic E-state index is 0.920. The molecule has 110 valence electrons. The van der Waals surface area contributed by atoms with E-state index in [1.165, 1.54) is 0 Å². The lowest BCUT2D eigenvalue weighted by molar-refractivity contribution is 1.29. The van der Waals surface area contributed by atoms with Gasteiger partial charge in [-0.2, -0.15) is 0 Å². The fraction of sp³-hybridized carbons (Fsp3) is 0. The van der Waals surface area contributed by atoms with Gasteiger partial charge in [-0.1, -0.05) is 60.7 Å². The number of benzene rings is 3. The zero-order valence-corrected chi connectivity index (χ0v) is 14.4. The molecular weight excluding hydrogens is 395 g/mol. The predicted octanol–water partition coefficient (Wildman–Crippen LogP) is 5.57. The summed E-state index contributed by atoms with van der Waals surface area (Å²) in [4.78, 5) is 9.81. The highest BCUT2D eigenvalue weighted by atomic mass is 127. The summed E-state index contributed by atoms with van der Waals surface area (Å²) in [6.07, 6.45) is 0. The van der Waals surface area contributed by atoms with Gasteiger partial charge in [0.15, 0.2) is 0 Å². The lowest BCUT2D eigenvalue weighted by atomic mass is 10.0. The molecule has 0 unspecified atom stereocenters. The molecule has 23 heavy (non-hydrogen) atoms. The molecule has 0 amide bonds. The maximum absolute atomic E-state index is 4.92. The van der Waals surface area contributed by atoms with Gasteiger partial charge in [-0.15, -0.1) is 0 Å². The lowest BCUT2D eigenvalue weighted by Crippen LogP contribution is -1.95. The zero-order valence-electron chi connectivity index (χ0n) is 12.3. The zero-order chi connectivity index (χ0) is 15.6. The van der Waals surface area contributed by atoms with Crippen molar-refractivity contribution in [2.24, 2.45) is 0 Å². The molecule has 4 aromatic rings. The van der Waals surface area contributed by atoms with E-state index >= 15 is 0 Å². The molecule has 4 rings (SSSR count). The predicted molar refractivity (Wildman–Crippen MR) is 103 cm³/mol. The Morgan fingerprint density at radius 3 is 1.65 bits per heavy atom. The first-order chi connectivity index (χ1) is 11.3. The van der Waals surface area contributed by atoms with Crippen molar-refractivity contribution >= 4 is 33.6 Å². The SMILES string of the molecule is Ic1ccc2nc(-c3ccccc3)c(-c3ccccc3)nc2c1. The Labute approximate surface area is 148 Å². The summed E-state index contributed by atoms with van der Waals surface area (Å²) in [6, 6.07) is 26.6. The Balaban J connectivity index is 2.04. The smallest absolute Gasteiger partial charge is 0.0973 e. The van der Waals surface area contributed by atoms with Crippen LogP contribution in [0.2, 0.25) is 0 Å². The highest BCUT2D eigenvalue weighted by Crippen LogP contribution is 2.31. The van der Waals surface area contributed by atoms with Crippen LogP contribution in [0.3, 0.4) is 0 Å². The van der Waals surface area contributed by atoms with Gasteiger partial charge in [0.25, 0.3) is 0 Å². The third kappa shape index (κ3) is 2.84. The van der Waals surface area contributed by atoms with Crippen LogP contribution in [0.4, 0.5) is 0 Å². The van der Waals surface area contributed by atoms with E-state index in [0.29, 0.717) is 0 Å². The molecule has 0 saturated heterocycles. The second-order valence-corrected chi connectivity index (χ2v) is 6.53. The summed E-state index contributed by atoms with van der Waals surface area (Å²) in [7, 11) is 0. The van der Waals surface area contributed by atoms with Gasteiger partial charge in [-0.3, -0.25) is 0 Å². The first kappa shape index (κ1) is 14.3. The first-order valence-electron chi connectivity index (χ1n) is 7.39. The molecule has 1 aromatic heterocycles. The maximum Gasteiger partial charge on any atom is 0.0973 e. The summed E-state index contributed by atoms with van der Waals surface area (Å²) in [5.74, 6) is 0. The number of halogens is 1. The average molecular weight is 408 g/mol. The molecule has 0 aliphatic rings. The van der Waals surface area contributed by atoms with Gasteiger partial charge in [0, 0.05) is 14.7 Å². The number of nitrogens with zero attached hydrogens (tertiary/aromatic N) is 2. The van der Waals surface area contributed by atoms with Gasteiger partial charge in [0.2, 0.25) is 0 Å². The van der Waals surface area contributed by atoms with Crippen molar-refractivity contribution in [3.8, 4) is 22.5 Å². The summed E-state index contributed by atoms with van der Waals surface area (Å²) in [6.45, 7) is 0. The molecule has 0 fully saturated rings. The van der Waals surface area contributed by atoms with Crippen LogP contribution in [0, 0.1) is 3.57 Å². The van der Waals surface area contributed by atoms with Crippen molar-refractivity contribution in [1.29, 1.82) is 0 Å². The van der Waals surface area contributed by atoms with Gasteiger partial charge >= 0.3 is 0 Å². The molecule has 3 heteroatoms. The number of hydrogen-bond donors (Lipinski definition) is 0. The van der Waals surface area contributed by atoms with Crippen LogP contribution in [0.15, 0.2) is 78.9 Å². The fourth-order valence-electron chi connectivity index (χ4n) is 2.62. The van der Waals surface area contributed by atoms with Crippen molar-refractivity contribution < 1.29 is 0 Å². The molecular formula is C20H13IN2. The standard InChI is InChI=1S/C20H13IN2/c21-16-11-12-17-18(13-16)23-20(15-9-5-2-6-10-15)19(22-17)14-7-3-1-4-8-14/h1-13H. The summed E-state index contributed by atoms with van der Waals surface area (Å²) in [5, 5.41) is 0. The Morgan fingerprint density at radius 2 is 1.09 bits per heavy atom. The normalized spacial score (nSPS) is 10.8. The van der Waals surface area contributed by atoms with Crippen LogP contribution in [-0.2, 0) is 0 Å². The third-order valence-electron chi connectivity index (χ3n) is 3.72. The Hall–Kier alpha value is -2.27. The van der Waals surface area contributed by atoms with Crippen molar-refractivity contribution in [2.75, 3.05) is 0 Å². The van der Waals surface area contributed by atoms with E-state index < -0.39 is 0 Å². The lowest BCUT2D eigenvalue weighted by Gasteiger charge is -2.10. The Morgan fingerprint density at radius 1 is 0.565 bits per heavy atom. The van der Waals surface area contributed by atoms with Crippen LogP contribution >= 0.6 is 22.6 Å². The van der Waals surface area contributed by atoms with E-state index in [2.05, 4.69) is 59.0 Å². The molecule has 0 bridgehead atoms. The van der Waals surface area contributed by atoms with E-state index in [9.17, 15) is 0 Å². The Bertz CT molecular complexity index is 967. The van der Waals surface area contributed by atoms with Gasteiger partial charge in [-0.25, -0.2) is 9.97 Å². The highest BCUT2D eigenvalue weighted by Gasteiger charge is 2.12. The number of hydrogen-bond acceptors (Lipinski definition) is 2. The number of fused-ring (bicyclic) bond motifs is 1. The summed E-state index contributed by atoms with van der Waals surface area (Å²) in [5.41, 5.74) is 5.86. The van der Waals surface area contributed by atoms with E-state index in [1.54, 1.807) is 0 Å². The molecule has 2 nitrogen and oxygen atoms in total. The molecule has 0 N–H and O–H groups in total. The van der Waals surface area contributed by atoms with Gasteiger partial charge in [-0.05, 0) is 40.8 Å². The molecule has 0 spiro atoms. The quantitative estimate of drug-likeness (QED) is 0.406. The van der Waals surface area contributed by atoms with Crippen LogP contribution in [0.25, 0.3) is 33.5 Å². The van der Waals surface area contributed by atoms with Crippen molar-refractivity contribution in [1.82, 2.24) is 9.97 Å². The van der Waals surface area contributed by atoms with Crippen LogP contribution < -0.4 is 0 Å². The van der Waals surface area contributed by atoms with Crippen LogP contribution in [0.1, 0.15) is 0 Å². The van der Waals surface area contributed by atoms with Crippen LogP contribution in [-0.4, -0.2) is 9.97 Å². The third-order valence-corrected chi connectivity index (χ3v) is 4.39. The van der Waals surface area contributed by atoms with Crippen molar-refractivity contribution in [3.63, 3.8) is 0 Å². The van der Waals surface area contributed by atoms with Crippen molar-refractivity contribution in [2.45, 2.75) is 0 Å². The molecule has 3 aromatic carbocycles. The van der Waals surface area contributed by atoms with E-state index in [4.69, 9.17) is 9.97 Å². The molecule has 0 aliphatic heterocycles. The molecule has 0 saturated carbocycles. The van der Waals surface area contributed by atoms with E-state index in [-0.39, 0.29) is 0 Å². The number of rotatable bonds is 2. The monoisotopic (exact) mass is 408 g/mol. The molecule has 0 radical (unpaired) electrons. The molecule has 1 heterocycles. The molecule has 0 aliphatic carbocycles. The number of aromatic nitrogens is 2. The molecule has 0 atom stereocenters. The van der Waals surface area contributed by atoms with Gasteiger partial charge in [0.05, 0.1) is 22.4 Å². The highest BCUT2D eigenvalue weighted by molar-refractivity contribution is 14.1. The summed E-state index contributed by atoms with van der Waals surface area (Å²) < 4.78 is 1.16. The van der Waals surface area contributed by atoms with Crippen LogP contribution in [0.5, 0.6) is 0 Å². The average Bonchev–Trinajstić information content (AvgIpc) is 2.62. The largest absolute Gasteiger partial charge is 0.244 e. The maximum atomic E-state index is 4.92. The Kier molecular flexibility index (Phi) is 3.79. The minimum Gasteiger partial charge on any atom is -0.244 e. The van der Waals surface area contributed by atoms with E-state index in [1.807, 2.05) is 42.5 Å². The topological polar surface area (TPSA) is 25.8 Å². The first-order valence-corrected chi connectivity index (χ1v) is 8.47.